The van der Waals surface area contributed by atoms with E-state index in [1.807, 2.05) is 0 Å². The van der Waals surface area contributed by atoms with Crippen molar-refractivity contribution >= 4 is 0 Å². The maximum absolute atomic E-state index is 10.1. The standard InChI is InChI=1S/C13H27NO3/c1-2-3-8-17-10-12(15)9-14-11-13(16)6-4-5-7-13/h12,14-16H,2-11H2,1H3. The summed E-state index contributed by atoms with van der Waals surface area (Å²) in [5, 5.41) is 22.8. The highest BCUT2D eigenvalue weighted by atomic mass is 16.5. The van der Waals surface area contributed by atoms with Gasteiger partial charge in [-0.1, -0.05) is 26.2 Å². The van der Waals surface area contributed by atoms with Gasteiger partial charge in [-0.15, -0.1) is 0 Å². The first-order valence-electron chi connectivity index (χ1n) is 6.85. The van der Waals surface area contributed by atoms with Crippen molar-refractivity contribution in [1.29, 1.82) is 0 Å². The summed E-state index contributed by atoms with van der Waals surface area (Å²) in [6.45, 7) is 4.29. The van der Waals surface area contributed by atoms with Crippen LogP contribution in [0.1, 0.15) is 45.4 Å². The van der Waals surface area contributed by atoms with Gasteiger partial charge in [0.25, 0.3) is 0 Å². The predicted octanol–water partition coefficient (Wildman–Crippen LogP) is 1.06. The summed E-state index contributed by atoms with van der Waals surface area (Å²) in [7, 11) is 0. The Hall–Kier alpha value is -0.160. The maximum Gasteiger partial charge on any atom is 0.0897 e. The molecule has 1 aliphatic carbocycles. The second-order valence-electron chi connectivity index (χ2n) is 5.14. The number of unbranched alkanes of at least 4 members (excludes halogenated alkanes) is 1. The van der Waals surface area contributed by atoms with E-state index in [2.05, 4.69) is 12.2 Å². The average Bonchev–Trinajstić information content (AvgIpc) is 2.72. The molecule has 4 heteroatoms. The van der Waals surface area contributed by atoms with Crippen LogP contribution in [0.2, 0.25) is 0 Å². The molecule has 17 heavy (non-hydrogen) atoms. The van der Waals surface area contributed by atoms with Crippen LogP contribution in [0.5, 0.6) is 0 Å². The molecule has 1 rings (SSSR count). The van der Waals surface area contributed by atoms with Gasteiger partial charge in [0.2, 0.25) is 0 Å². The Balaban J connectivity index is 1.97. The third-order valence-electron chi connectivity index (χ3n) is 3.32. The van der Waals surface area contributed by atoms with E-state index in [9.17, 15) is 10.2 Å². The summed E-state index contributed by atoms with van der Waals surface area (Å²) in [4.78, 5) is 0. The molecule has 0 aliphatic heterocycles. The molecule has 0 aromatic heterocycles. The zero-order valence-corrected chi connectivity index (χ0v) is 11.0. The summed E-state index contributed by atoms with van der Waals surface area (Å²) in [6, 6.07) is 0. The lowest BCUT2D eigenvalue weighted by molar-refractivity contribution is 0.0226. The fourth-order valence-corrected chi connectivity index (χ4v) is 2.21. The molecule has 102 valence electrons. The zero-order valence-electron chi connectivity index (χ0n) is 11.0. The van der Waals surface area contributed by atoms with Crippen molar-refractivity contribution in [3.8, 4) is 0 Å². The molecule has 1 aliphatic rings. The minimum absolute atomic E-state index is 0.380. The van der Waals surface area contributed by atoms with Gasteiger partial charge in [0, 0.05) is 19.7 Å². The molecule has 0 heterocycles. The van der Waals surface area contributed by atoms with Gasteiger partial charge in [0.15, 0.2) is 0 Å². The molecule has 0 spiro atoms. The van der Waals surface area contributed by atoms with Crippen molar-refractivity contribution in [2.45, 2.75) is 57.2 Å². The summed E-state index contributed by atoms with van der Waals surface area (Å²) < 4.78 is 5.33. The Morgan fingerprint density at radius 2 is 2.06 bits per heavy atom. The molecule has 0 amide bonds. The number of rotatable bonds is 9. The van der Waals surface area contributed by atoms with E-state index in [4.69, 9.17) is 4.74 Å². The van der Waals surface area contributed by atoms with E-state index >= 15 is 0 Å². The van der Waals surface area contributed by atoms with Gasteiger partial charge < -0.3 is 20.3 Å². The maximum atomic E-state index is 10.1. The molecular weight excluding hydrogens is 218 g/mol. The molecule has 0 aromatic rings. The van der Waals surface area contributed by atoms with Crippen LogP contribution < -0.4 is 5.32 Å². The average molecular weight is 245 g/mol. The molecule has 1 fully saturated rings. The quantitative estimate of drug-likeness (QED) is 0.532. The first-order chi connectivity index (χ1) is 8.16. The van der Waals surface area contributed by atoms with Gasteiger partial charge in [-0.2, -0.15) is 0 Å². The lowest BCUT2D eigenvalue weighted by atomic mass is 10.0. The van der Waals surface area contributed by atoms with Crippen LogP contribution >= 0.6 is 0 Å². The van der Waals surface area contributed by atoms with E-state index in [-0.39, 0.29) is 0 Å². The largest absolute Gasteiger partial charge is 0.389 e. The number of hydrogen-bond donors (Lipinski definition) is 3. The highest BCUT2D eigenvalue weighted by Crippen LogP contribution is 2.28. The Morgan fingerprint density at radius 3 is 2.71 bits per heavy atom. The van der Waals surface area contributed by atoms with Gasteiger partial charge >= 0.3 is 0 Å². The van der Waals surface area contributed by atoms with Crippen molar-refractivity contribution in [1.82, 2.24) is 5.32 Å². The molecule has 4 nitrogen and oxygen atoms in total. The lowest BCUT2D eigenvalue weighted by Gasteiger charge is -2.23. The van der Waals surface area contributed by atoms with Gasteiger partial charge in [-0.3, -0.25) is 0 Å². The minimum atomic E-state index is -0.539. The monoisotopic (exact) mass is 245 g/mol. The Kier molecular flexibility index (Phi) is 7.04. The van der Waals surface area contributed by atoms with Crippen LogP contribution in [-0.4, -0.2) is 48.2 Å². The number of nitrogens with one attached hydrogen (secondary N) is 1. The van der Waals surface area contributed by atoms with Gasteiger partial charge in [-0.25, -0.2) is 0 Å². The van der Waals surface area contributed by atoms with Gasteiger partial charge in [0.05, 0.1) is 18.3 Å². The molecule has 1 atom stereocenters. The highest BCUT2D eigenvalue weighted by Gasteiger charge is 2.30. The Morgan fingerprint density at radius 1 is 1.35 bits per heavy atom. The van der Waals surface area contributed by atoms with E-state index < -0.39 is 11.7 Å². The molecule has 0 aromatic carbocycles. The Labute approximate surface area is 104 Å². The van der Waals surface area contributed by atoms with E-state index in [1.54, 1.807) is 0 Å². The normalized spacial score (nSPS) is 20.6. The van der Waals surface area contributed by atoms with Gasteiger partial charge in [0.1, 0.15) is 0 Å². The predicted molar refractivity (Wildman–Crippen MR) is 68.0 cm³/mol. The lowest BCUT2D eigenvalue weighted by Crippen LogP contribution is -2.41. The fourth-order valence-electron chi connectivity index (χ4n) is 2.21. The molecule has 0 saturated heterocycles. The number of aliphatic hydroxyl groups excluding tert-OH is 1. The number of aliphatic hydroxyl groups is 2. The van der Waals surface area contributed by atoms with Crippen LogP contribution in [0.3, 0.4) is 0 Å². The number of ether oxygens (including phenoxy) is 1. The second-order valence-corrected chi connectivity index (χ2v) is 5.14. The van der Waals surface area contributed by atoms with Crippen molar-refractivity contribution in [3.63, 3.8) is 0 Å². The van der Waals surface area contributed by atoms with Gasteiger partial charge in [-0.05, 0) is 19.3 Å². The third-order valence-corrected chi connectivity index (χ3v) is 3.32. The molecule has 0 bridgehead atoms. The molecule has 0 radical (unpaired) electrons. The number of hydrogen-bond acceptors (Lipinski definition) is 4. The first kappa shape index (κ1) is 14.9. The summed E-state index contributed by atoms with van der Waals surface area (Å²) in [5.41, 5.74) is -0.539. The topological polar surface area (TPSA) is 61.7 Å². The third kappa shape index (κ3) is 6.36. The summed E-state index contributed by atoms with van der Waals surface area (Å²) >= 11 is 0. The molecule has 1 unspecified atom stereocenters. The van der Waals surface area contributed by atoms with Crippen molar-refractivity contribution < 1.29 is 14.9 Å². The Bertz CT molecular complexity index is 193. The smallest absolute Gasteiger partial charge is 0.0897 e. The molecule has 3 N–H and O–H groups in total. The first-order valence-corrected chi connectivity index (χ1v) is 6.85. The molecule has 1 saturated carbocycles. The van der Waals surface area contributed by atoms with Crippen LogP contribution in [0.15, 0.2) is 0 Å². The highest BCUT2D eigenvalue weighted by molar-refractivity contribution is 4.86. The zero-order chi connectivity index (χ0) is 12.6. The SMILES string of the molecule is CCCCOCC(O)CNCC1(O)CCCC1. The van der Waals surface area contributed by atoms with Crippen LogP contribution in [0.25, 0.3) is 0 Å². The van der Waals surface area contributed by atoms with Crippen LogP contribution in [0.4, 0.5) is 0 Å². The van der Waals surface area contributed by atoms with E-state index in [0.717, 1.165) is 45.1 Å². The van der Waals surface area contributed by atoms with Crippen molar-refractivity contribution in [2.75, 3.05) is 26.3 Å². The minimum Gasteiger partial charge on any atom is -0.389 e. The summed E-state index contributed by atoms with van der Waals surface area (Å²) in [5.74, 6) is 0. The fraction of sp³-hybridized carbons (Fsp3) is 1.00. The van der Waals surface area contributed by atoms with E-state index in [0.29, 0.717) is 19.7 Å². The molecular formula is C13H27NO3. The van der Waals surface area contributed by atoms with Crippen LogP contribution in [-0.2, 0) is 4.74 Å². The summed E-state index contributed by atoms with van der Waals surface area (Å²) in [6.07, 6.45) is 5.66. The van der Waals surface area contributed by atoms with Crippen molar-refractivity contribution in [2.24, 2.45) is 0 Å². The van der Waals surface area contributed by atoms with Crippen molar-refractivity contribution in [3.05, 3.63) is 0 Å². The van der Waals surface area contributed by atoms with E-state index in [1.165, 1.54) is 0 Å². The van der Waals surface area contributed by atoms with Crippen LogP contribution in [0, 0.1) is 0 Å². The second kappa shape index (κ2) is 8.03.